The lowest BCUT2D eigenvalue weighted by atomic mass is 10.1. The number of nitrogens with zero attached hydrogens (tertiary/aromatic N) is 1. The number of hydrogen-bond acceptors (Lipinski definition) is 2. The van der Waals surface area contributed by atoms with E-state index in [9.17, 15) is 4.79 Å². The normalized spacial score (nSPS) is 10.9. The molecule has 0 saturated heterocycles. The quantitative estimate of drug-likeness (QED) is 0.695. The highest BCUT2D eigenvalue weighted by Crippen LogP contribution is 2.24. The molecule has 0 atom stereocenters. The molecule has 0 unspecified atom stereocenters. The van der Waals surface area contributed by atoms with Crippen LogP contribution in [-0.4, -0.2) is 17.0 Å². The van der Waals surface area contributed by atoms with Gasteiger partial charge in [0, 0.05) is 25.2 Å². The molecule has 0 aliphatic heterocycles. The van der Waals surface area contributed by atoms with Gasteiger partial charge in [0.2, 0.25) is 0 Å². The SMILES string of the molecule is C=C(C)Cn1c(C(=O)NCCc2ccccc2)cc2oc(C)cc21. The van der Waals surface area contributed by atoms with Crippen molar-refractivity contribution in [3.8, 4) is 0 Å². The number of furan rings is 1. The van der Waals surface area contributed by atoms with Crippen molar-refractivity contribution >= 4 is 17.0 Å². The van der Waals surface area contributed by atoms with Crippen molar-refractivity contribution in [3.05, 3.63) is 71.6 Å². The van der Waals surface area contributed by atoms with E-state index in [0.29, 0.717) is 18.8 Å². The number of amides is 1. The number of rotatable bonds is 6. The molecule has 3 rings (SSSR count). The summed E-state index contributed by atoms with van der Waals surface area (Å²) in [5.74, 6) is 0.753. The number of aromatic nitrogens is 1. The van der Waals surface area contributed by atoms with Crippen LogP contribution >= 0.6 is 0 Å². The predicted molar refractivity (Wildman–Crippen MR) is 96.2 cm³/mol. The van der Waals surface area contributed by atoms with Gasteiger partial charge in [0.1, 0.15) is 11.5 Å². The number of fused-ring (bicyclic) bond motifs is 1. The summed E-state index contributed by atoms with van der Waals surface area (Å²) < 4.78 is 7.63. The smallest absolute Gasteiger partial charge is 0.268 e. The number of nitrogens with one attached hydrogen (secondary N) is 1. The van der Waals surface area contributed by atoms with E-state index in [1.54, 1.807) is 0 Å². The Hall–Kier alpha value is -2.75. The largest absolute Gasteiger partial charge is 0.460 e. The molecule has 2 aromatic heterocycles. The fourth-order valence-electron chi connectivity index (χ4n) is 2.85. The zero-order chi connectivity index (χ0) is 17.1. The molecule has 0 spiro atoms. The van der Waals surface area contributed by atoms with Crippen LogP contribution in [0.25, 0.3) is 11.1 Å². The maximum absolute atomic E-state index is 12.6. The van der Waals surface area contributed by atoms with Crippen LogP contribution < -0.4 is 5.32 Å². The second-order valence-electron chi connectivity index (χ2n) is 6.17. The first-order chi connectivity index (χ1) is 11.5. The van der Waals surface area contributed by atoms with E-state index in [0.717, 1.165) is 28.9 Å². The highest BCUT2D eigenvalue weighted by Gasteiger charge is 2.18. The van der Waals surface area contributed by atoms with Crippen molar-refractivity contribution < 1.29 is 9.21 Å². The van der Waals surface area contributed by atoms with E-state index in [-0.39, 0.29) is 5.91 Å². The van der Waals surface area contributed by atoms with Crippen LogP contribution in [0.2, 0.25) is 0 Å². The van der Waals surface area contributed by atoms with Crippen molar-refractivity contribution in [2.45, 2.75) is 26.8 Å². The molecule has 2 heterocycles. The molecule has 4 heteroatoms. The molecule has 0 fully saturated rings. The van der Waals surface area contributed by atoms with Gasteiger partial charge in [-0.1, -0.05) is 42.5 Å². The minimum Gasteiger partial charge on any atom is -0.460 e. The molecule has 0 aliphatic carbocycles. The number of benzene rings is 1. The molecule has 0 aliphatic rings. The van der Waals surface area contributed by atoms with Crippen LogP contribution in [0, 0.1) is 6.92 Å². The number of carbonyl (C=O) groups excluding carboxylic acids is 1. The molecule has 0 bridgehead atoms. The zero-order valence-electron chi connectivity index (χ0n) is 14.1. The lowest BCUT2D eigenvalue weighted by Gasteiger charge is -2.10. The first-order valence-corrected chi connectivity index (χ1v) is 8.11. The molecular weight excluding hydrogens is 300 g/mol. The summed E-state index contributed by atoms with van der Waals surface area (Å²) in [6, 6.07) is 13.9. The number of allylic oxidation sites excluding steroid dienone is 1. The average molecular weight is 322 g/mol. The van der Waals surface area contributed by atoms with Gasteiger partial charge >= 0.3 is 0 Å². The summed E-state index contributed by atoms with van der Waals surface area (Å²) in [5, 5.41) is 3.00. The number of carbonyl (C=O) groups is 1. The first kappa shape index (κ1) is 16.1. The lowest BCUT2D eigenvalue weighted by Crippen LogP contribution is -2.28. The van der Waals surface area contributed by atoms with Gasteiger partial charge in [0.05, 0.1) is 5.52 Å². The summed E-state index contributed by atoms with van der Waals surface area (Å²) in [6.45, 7) is 9.02. The van der Waals surface area contributed by atoms with Gasteiger partial charge in [-0.2, -0.15) is 0 Å². The molecule has 124 valence electrons. The zero-order valence-corrected chi connectivity index (χ0v) is 14.1. The van der Waals surface area contributed by atoms with E-state index in [2.05, 4.69) is 24.0 Å². The van der Waals surface area contributed by atoms with Crippen LogP contribution in [0.3, 0.4) is 0 Å². The summed E-state index contributed by atoms with van der Waals surface area (Å²) in [7, 11) is 0. The Balaban J connectivity index is 1.76. The van der Waals surface area contributed by atoms with E-state index in [1.807, 2.05) is 48.7 Å². The summed E-state index contributed by atoms with van der Waals surface area (Å²) >= 11 is 0. The molecule has 0 radical (unpaired) electrons. The predicted octanol–water partition coefficient (Wildman–Crippen LogP) is 4.09. The Morgan fingerprint density at radius 2 is 2.00 bits per heavy atom. The maximum atomic E-state index is 12.6. The van der Waals surface area contributed by atoms with Gasteiger partial charge in [-0.15, -0.1) is 0 Å². The Kier molecular flexibility index (Phi) is 4.56. The average Bonchev–Trinajstić information content (AvgIpc) is 3.05. The molecule has 1 N–H and O–H groups in total. The van der Waals surface area contributed by atoms with Crippen molar-refractivity contribution in [1.82, 2.24) is 9.88 Å². The number of hydrogen-bond donors (Lipinski definition) is 1. The Morgan fingerprint density at radius 3 is 2.71 bits per heavy atom. The molecule has 1 aromatic carbocycles. The molecule has 4 nitrogen and oxygen atoms in total. The molecular formula is C20H22N2O2. The topological polar surface area (TPSA) is 47.2 Å². The van der Waals surface area contributed by atoms with Gasteiger partial charge in [-0.25, -0.2) is 0 Å². The Morgan fingerprint density at radius 1 is 1.25 bits per heavy atom. The van der Waals surface area contributed by atoms with E-state index < -0.39 is 0 Å². The summed E-state index contributed by atoms with van der Waals surface area (Å²) in [6.07, 6.45) is 0.809. The van der Waals surface area contributed by atoms with Gasteiger partial charge < -0.3 is 14.3 Å². The summed E-state index contributed by atoms with van der Waals surface area (Å²) in [4.78, 5) is 12.6. The summed E-state index contributed by atoms with van der Waals surface area (Å²) in [5.41, 5.74) is 4.48. The minimum atomic E-state index is -0.0868. The fourth-order valence-corrected chi connectivity index (χ4v) is 2.85. The standard InChI is InChI=1S/C20H22N2O2/c1-14(2)13-22-17-11-15(3)24-19(17)12-18(22)20(23)21-10-9-16-7-5-4-6-8-16/h4-8,11-12H,1,9-10,13H2,2-3H3,(H,21,23). The van der Waals surface area contributed by atoms with Crippen molar-refractivity contribution in [2.75, 3.05) is 6.54 Å². The van der Waals surface area contributed by atoms with Crippen LogP contribution in [0.5, 0.6) is 0 Å². The first-order valence-electron chi connectivity index (χ1n) is 8.11. The van der Waals surface area contributed by atoms with Crippen LogP contribution in [0.4, 0.5) is 0 Å². The maximum Gasteiger partial charge on any atom is 0.268 e. The highest BCUT2D eigenvalue weighted by atomic mass is 16.3. The van der Waals surface area contributed by atoms with Crippen molar-refractivity contribution in [3.63, 3.8) is 0 Å². The minimum absolute atomic E-state index is 0.0868. The third kappa shape index (κ3) is 3.43. The lowest BCUT2D eigenvalue weighted by molar-refractivity contribution is 0.0945. The van der Waals surface area contributed by atoms with Crippen molar-refractivity contribution in [1.29, 1.82) is 0 Å². The third-order valence-electron chi connectivity index (χ3n) is 3.92. The van der Waals surface area contributed by atoms with Crippen LogP contribution in [-0.2, 0) is 13.0 Å². The second-order valence-corrected chi connectivity index (χ2v) is 6.17. The number of aryl methyl sites for hydroxylation is 1. The second kappa shape index (κ2) is 6.79. The molecule has 24 heavy (non-hydrogen) atoms. The molecule has 1 amide bonds. The third-order valence-corrected chi connectivity index (χ3v) is 3.92. The monoisotopic (exact) mass is 322 g/mol. The van der Waals surface area contributed by atoms with E-state index in [1.165, 1.54) is 5.56 Å². The van der Waals surface area contributed by atoms with E-state index >= 15 is 0 Å². The van der Waals surface area contributed by atoms with Gasteiger partial charge in [0.25, 0.3) is 5.91 Å². The Bertz CT molecular complexity index is 872. The van der Waals surface area contributed by atoms with Crippen molar-refractivity contribution in [2.24, 2.45) is 0 Å². The highest BCUT2D eigenvalue weighted by molar-refractivity contribution is 5.97. The van der Waals surface area contributed by atoms with Gasteiger partial charge in [0.15, 0.2) is 5.58 Å². The van der Waals surface area contributed by atoms with Crippen LogP contribution in [0.15, 0.2) is 59.0 Å². The molecule has 3 aromatic rings. The molecule has 0 saturated carbocycles. The Labute approximate surface area is 141 Å². The fraction of sp³-hybridized carbons (Fsp3) is 0.250. The van der Waals surface area contributed by atoms with Gasteiger partial charge in [-0.05, 0) is 25.8 Å². The van der Waals surface area contributed by atoms with E-state index in [4.69, 9.17) is 4.42 Å². The van der Waals surface area contributed by atoms with Crippen LogP contribution in [0.1, 0.15) is 28.7 Å². The van der Waals surface area contributed by atoms with Gasteiger partial charge in [-0.3, -0.25) is 4.79 Å².